The highest BCUT2D eigenvalue weighted by atomic mass is 16.5. The Hall–Kier alpha value is -1.47. The fourth-order valence-corrected chi connectivity index (χ4v) is 3.97. The third kappa shape index (κ3) is 4.43. The van der Waals surface area contributed by atoms with Gasteiger partial charge in [0, 0.05) is 43.7 Å². The van der Waals surface area contributed by atoms with Crippen molar-refractivity contribution in [3.05, 3.63) is 35.9 Å². The molecule has 2 aliphatic rings. The molecule has 1 aromatic rings. The van der Waals surface area contributed by atoms with Crippen molar-refractivity contribution >= 4 is 5.91 Å². The minimum Gasteiger partial charge on any atom is -0.395 e. The molecule has 6 nitrogen and oxygen atoms in total. The second kappa shape index (κ2) is 8.95. The molecule has 0 radical (unpaired) electrons. The van der Waals surface area contributed by atoms with Gasteiger partial charge >= 0.3 is 0 Å². The van der Waals surface area contributed by atoms with E-state index in [9.17, 15) is 9.90 Å². The topological polar surface area (TPSA) is 65.0 Å². The number of benzene rings is 1. The number of carbonyl (C=O) groups is 1. The van der Waals surface area contributed by atoms with E-state index < -0.39 is 0 Å². The van der Waals surface area contributed by atoms with Crippen molar-refractivity contribution in [2.24, 2.45) is 0 Å². The van der Waals surface area contributed by atoms with Gasteiger partial charge in [-0.3, -0.25) is 9.69 Å². The van der Waals surface area contributed by atoms with Gasteiger partial charge in [0.15, 0.2) is 0 Å². The molecule has 0 unspecified atom stereocenters. The summed E-state index contributed by atoms with van der Waals surface area (Å²) in [6.45, 7) is 8.40. The molecule has 3 rings (SSSR count). The van der Waals surface area contributed by atoms with E-state index in [1.807, 2.05) is 23.1 Å². The van der Waals surface area contributed by atoms with E-state index in [0.29, 0.717) is 26.3 Å². The summed E-state index contributed by atoms with van der Waals surface area (Å²) in [5, 5.41) is 13.1. The molecule has 2 saturated heterocycles. The van der Waals surface area contributed by atoms with E-state index in [4.69, 9.17) is 4.74 Å². The first-order valence-corrected chi connectivity index (χ1v) is 9.61. The Bertz CT molecular complexity index is 575. The molecule has 0 bridgehead atoms. The molecular weight excluding hydrogens is 330 g/mol. The highest BCUT2D eigenvalue weighted by Gasteiger charge is 2.42. The van der Waals surface area contributed by atoms with Crippen LogP contribution in [0.2, 0.25) is 0 Å². The zero-order valence-corrected chi connectivity index (χ0v) is 15.8. The number of nitrogens with one attached hydrogen (secondary N) is 1. The van der Waals surface area contributed by atoms with Crippen LogP contribution in [0.5, 0.6) is 0 Å². The molecule has 3 atom stereocenters. The molecule has 6 heteroatoms. The molecule has 0 aromatic heterocycles. The molecule has 1 amide bonds. The molecule has 0 spiro atoms. The van der Waals surface area contributed by atoms with Gasteiger partial charge in [-0.15, -0.1) is 0 Å². The number of amides is 1. The van der Waals surface area contributed by atoms with E-state index in [1.54, 1.807) is 0 Å². The van der Waals surface area contributed by atoms with Crippen LogP contribution in [0.15, 0.2) is 30.3 Å². The second-order valence-corrected chi connectivity index (χ2v) is 7.53. The smallest absolute Gasteiger partial charge is 0.237 e. The standard InChI is InChI=1S/C20H31N3O3/c1-15(2)23(19(25)13-22-8-10-26-11-9-22)12-17-20(18(14-24)21-17)16-6-4-3-5-7-16/h3-7,15,17-18,20-21,24H,8-14H2,1-2H3/t17-,18+,20+/m0/s1. The summed E-state index contributed by atoms with van der Waals surface area (Å²) in [6, 6.07) is 10.7. The third-order valence-corrected chi connectivity index (χ3v) is 5.48. The first kappa shape index (κ1) is 19.3. The maximum absolute atomic E-state index is 12.9. The van der Waals surface area contributed by atoms with Crippen LogP contribution in [0, 0.1) is 0 Å². The molecule has 2 aliphatic heterocycles. The van der Waals surface area contributed by atoms with Crippen molar-refractivity contribution in [2.75, 3.05) is 46.0 Å². The molecule has 2 N–H and O–H groups in total. The molecule has 144 valence electrons. The van der Waals surface area contributed by atoms with Crippen LogP contribution in [-0.4, -0.2) is 84.9 Å². The highest BCUT2D eigenvalue weighted by Crippen LogP contribution is 2.32. The van der Waals surface area contributed by atoms with Crippen LogP contribution in [0.1, 0.15) is 25.3 Å². The van der Waals surface area contributed by atoms with Crippen LogP contribution in [-0.2, 0) is 9.53 Å². The molecule has 26 heavy (non-hydrogen) atoms. The van der Waals surface area contributed by atoms with Gasteiger partial charge in [-0.2, -0.15) is 0 Å². The number of morpholine rings is 1. The predicted molar refractivity (Wildman–Crippen MR) is 101 cm³/mol. The number of aliphatic hydroxyl groups is 1. The minimum absolute atomic E-state index is 0.0609. The molecule has 2 heterocycles. The maximum Gasteiger partial charge on any atom is 0.237 e. The van der Waals surface area contributed by atoms with Crippen molar-refractivity contribution in [1.29, 1.82) is 0 Å². The van der Waals surface area contributed by atoms with Crippen LogP contribution < -0.4 is 5.32 Å². The zero-order chi connectivity index (χ0) is 18.5. The Labute approximate surface area is 156 Å². The van der Waals surface area contributed by atoms with Crippen molar-refractivity contribution in [3.8, 4) is 0 Å². The van der Waals surface area contributed by atoms with E-state index >= 15 is 0 Å². The van der Waals surface area contributed by atoms with E-state index in [0.717, 1.165) is 13.1 Å². The maximum atomic E-state index is 12.9. The molecule has 2 fully saturated rings. The summed E-state index contributed by atoms with van der Waals surface area (Å²) < 4.78 is 5.37. The number of ether oxygens (including phenoxy) is 1. The van der Waals surface area contributed by atoms with Crippen LogP contribution in [0.3, 0.4) is 0 Å². The van der Waals surface area contributed by atoms with Gasteiger partial charge in [-0.25, -0.2) is 0 Å². The lowest BCUT2D eigenvalue weighted by molar-refractivity contribution is -0.136. The quantitative estimate of drug-likeness (QED) is 0.747. The normalized spacial score (nSPS) is 26.5. The SMILES string of the molecule is CC(C)N(C[C@@H]1N[C@H](CO)[C@@H]1c1ccccc1)C(=O)CN1CCOCC1. The Balaban J connectivity index is 1.64. The summed E-state index contributed by atoms with van der Waals surface area (Å²) in [7, 11) is 0. The van der Waals surface area contributed by atoms with E-state index in [2.05, 4.69) is 36.2 Å². The van der Waals surface area contributed by atoms with Crippen LogP contribution in [0.25, 0.3) is 0 Å². The summed E-state index contributed by atoms with van der Waals surface area (Å²) in [5.41, 5.74) is 1.22. The number of nitrogens with zero attached hydrogens (tertiary/aromatic N) is 2. The lowest BCUT2D eigenvalue weighted by Gasteiger charge is -2.48. The number of aliphatic hydroxyl groups excluding tert-OH is 1. The first-order chi connectivity index (χ1) is 12.6. The Kier molecular flexibility index (Phi) is 6.64. The van der Waals surface area contributed by atoms with E-state index in [1.165, 1.54) is 5.56 Å². The number of hydrogen-bond acceptors (Lipinski definition) is 5. The predicted octanol–water partition coefficient (Wildman–Crippen LogP) is 0.672. The van der Waals surface area contributed by atoms with Crippen molar-refractivity contribution in [3.63, 3.8) is 0 Å². The van der Waals surface area contributed by atoms with Gasteiger partial charge < -0.3 is 20.1 Å². The fraction of sp³-hybridized carbons (Fsp3) is 0.650. The van der Waals surface area contributed by atoms with Gasteiger partial charge in [-0.05, 0) is 19.4 Å². The van der Waals surface area contributed by atoms with Crippen molar-refractivity contribution in [2.45, 2.75) is 37.9 Å². The molecular formula is C20H31N3O3. The fourth-order valence-electron chi connectivity index (χ4n) is 3.97. The van der Waals surface area contributed by atoms with E-state index in [-0.39, 0.29) is 36.6 Å². The molecule has 0 saturated carbocycles. The Morgan fingerprint density at radius 1 is 1.27 bits per heavy atom. The third-order valence-electron chi connectivity index (χ3n) is 5.48. The molecule has 0 aliphatic carbocycles. The summed E-state index contributed by atoms with van der Waals surface area (Å²) in [5.74, 6) is 0.404. The Morgan fingerprint density at radius 3 is 2.58 bits per heavy atom. The number of rotatable bonds is 7. The average Bonchev–Trinajstić information content (AvgIpc) is 2.62. The Morgan fingerprint density at radius 2 is 1.96 bits per heavy atom. The second-order valence-electron chi connectivity index (χ2n) is 7.53. The minimum atomic E-state index is 0.0609. The lowest BCUT2D eigenvalue weighted by Crippen LogP contribution is -2.66. The van der Waals surface area contributed by atoms with Gasteiger partial charge in [0.25, 0.3) is 0 Å². The largest absolute Gasteiger partial charge is 0.395 e. The monoisotopic (exact) mass is 361 g/mol. The van der Waals surface area contributed by atoms with Gasteiger partial charge in [-0.1, -0.05) is 30.3 Å². The average molecular weight is 361 g/mol. The molecule has 1 aromatic carbocycles. The van der Waals surface area contributed by atoms with Crippen LogP contribution in [0.4, 0.5) is 0 Å². The number of carbonyl (C=O) groups excluding carboxylic acids is 1. The van der Waals surface area contributed by atoms with Crippen molar-refractivity contribution in [1.82, 2.24) is 15.1 Å². The summed E-state index contributed by atoms with van der Waals surface area (Å²) in [4.78, 5) is 17.0. The lowest BCUT2D eigenvalue weighted by atomic mass is 9.77. The summed E-state index contributed by atoms with van der Waals surface area (Å²) >= 11 is 0. The van der Waals surface area contributed by atoms with Crippen LogP contribution >= 0.6 is 0 Å². The van der Waals surface area contributed by atoms with Gasteiger partial charge in [0.05, 0.1) is 26.4 Å². The zero-order valence-electron chi connectivity index (χ0n) is 15.8. The van der Waals surface area contributed by atoms with Gasteiger partial charge in [0.1, 0.15) is 0 Å². The van der Waals surface area contributed by atoms with Gasteiger partial charge in [0.2, 0.25) is 5.91 Å². The number of hydrogen-bond donors (Lipinski definition) is 2. The summed E-state index contributed by atoms with van der Waals surface area (Å²) in [6.07, 6.45) is 0. The van der Waals surface area contributed by atoms with Crippen molar-refractivity contribution < 1.29 is 14.6 Å². The first-order valence-electron chi connectivity index (χ1n) is 9.61. The highest BCUT2D eigenvalue weighted by molar-refractivity contribution is 5.78.